The molecule has 0 amide bonds. The number of ketones is 1. The molecule has 110 valence electrons. The van der Waals surface area contributed by atoms with Gasteiger partial charge in [-0.1, -0.05) is 0 Å². The highest BCUT2D eigenvalue weighted by molar-refractivity contribution is 6.09. The summed E-state index contributed by atoms with van der Waals surface area (Å²) in [4.78, 5) is 22.3. The Hall–Kier alpha value is -3.09. The molecule has 0 aliphatic heterocycles. The van der Waals surface area contributed by atoms with Gasteiger partial charge >= 0.3 is 0 Å². The molecule has 0 unspecified atom stereocenters. The van der Waals surface area contributed by atoms with Gasteiger partial charge in [0.05, 0.1) is 10.5 Å². The van der Waals surface area contributed by atoms with Crippen molar-refractivity contribution < 1.29 is 22.9 Å². The molecule has 0 aliphatic rings. The van der Waals surface area contributed by atoms with E-state index in [2.05, 4.69) is 0 Å². The molecule has 0 saturated heterocycles. The molecule has 0 radical (unpaired) electrons. The molecule has 0 N–H and O–H groups in total. The van der Waals surface area contributed by atoms with Gasteiger partial charge in [0.25, 0.3) is 5.69 Å². The number of carbonyl (C=O) groups excluding carboxylic acids is 1. The van der Waals surface area contributed by atoms with Gasteiger partial charge in [-0.25, -0.2) is 8.78 Å². The molecule has 0 saturated carbocycles. The summed E-state index contributed by atoms with van der Waals surface area (Å²) in [5.74, 6) is -2.69. The van der Waals surface area contributed by atoms with Crippen LogP contribution in [0.4, 0.5) is 14.5 Å². The molecule has 5 nitrogen and oxygen atoms in total. The number of nitro benzene ring substituents is 1. The van der Waals surface area contributed by atoms with Gasteiger partial charge in [-0.05, 0) is 30.3 Å². The summed E-state index contributed by atoms with van der Waals surface area (Å²) in [5.41, 5.74) is -0.386. The van der Waals surface area contributed by atoms with Crippen molar-refractivity contribution in [2.75, 3.05) is 0 Å². The second-order valence-corrected chi connectivity index (χ2v) is 4.54. The zero-order valence-corrected chi connectivity index (χ0v) is 10.9. The summed E-state index contributed by atoms with van der Waals surface area (Å²) in [6.07, 6.45) is 0. The van der Waals surface area contributed by atoms with E-state index in [4.69, 9.17) is 4.42 Å². The number of halogens is 2. The number of hydrogen-bond donors (Lipinski definition) is 0. The first-order chi connectivity index (χ1) is 10.5. The fourth-order valence-electron chi connectivity index (χ4n) is 2.06. The molecule has 0 spiro atoms. The fraction of sp³-hybridized carbons (Fsp3) is 0. The van der Waals surface area contributed by atoms with E-state index in [9.17, 15) is 23.7 Å². The topological polar surface area (TPSA) is 73.3 Å². The summed E-state index contributed by atoms with van der Waals surface area (Å²) < 4.78 is 32.0. The van der Waals surface area contributed by atoms with E-state index >= 15 is 0 Å². The minimum absolute atomic E-state index is 0.163. The van der Waals surface area contributed by atoms with Crippen LogP contribution in [0.3, 0.4) is 0 Å². The highest BCUT2D eigenvalue weighted by atomic mass is 19.1. The molecule has 1 heterocycles. The summed E-state index contributed by atoms with van der Waals surface area (Å²) in [6.45, 7) is 0. The van der Waals surface area contributed by atoms with Gasteiger partial charge in [-0.2, -0.15) is 0 Å². The standard InChI is InChI=1S/C15H7F2NO4/c16-9-1-3-12(17)11(7-9)15(19)14-6-8-5-10(18(20)21)2-4-13(8)22-14/h1-7H. The van der Waals surface area contributed by atoms with Crippen LogP contribution >= 0.6 is 0 Å². The first kappa shape index (κ1) is 13.9. The lowest BCUT2D eigenvalue weighted by molar-refractivity contribution is -0.384. The van der Waals surface area contributed by atoms with Crippen molar-refractivity contribution in [1.82, 2.24) is 0 Å². The van der Waals surface area contributed by atoms with Crippen LogP contribution in [0.1, 0.15) is 16.1 Å². The Labute approximate surface area is 121 Å². The molecule has 1 aromatic heterocycles. The first-order valence-electron chi connectivity index (χ1n) is 6.13. The van der Waals surface area contributed by atoms with E-state index in [-0.39, 0.29) is 17.0 Å². The molecular weight excluding hydrogens is 296 g/mol. The third-order valence-corrected chi connectivity index (χ3v) is 3.11. The lowest BCUT2D eigenvalue weighted by Crippen LogP contribution is -2.03. The lowest BCUT2D eigenvalue weighted by Gasteiger charge is -1.99. The highest BCUT2D eigenvalue weighted by Crippen LogP contribution is 2.26. The number of nitrogens with zero attached hydrogens (tertiary/aromatic N) is 1. The van der Waals surface area contributed by atoms with Crippen molar-refractivity contribution in [2.24, 2.45) is 0 Å². The maximum atomic E-state index is 13.6. The van der Waals surface area contributed by atoms with E-state index in [1.54, 1.807) is 0 Å². The Morgan fingerprint density at radius 1 is 1.09 bits per heavy atom. The van der Waals surface area contributed by atoms with Crippen LogP contribution in [0.5, 0.6) is 0 Å². The van der Waals surface area contributed by atoms with Crippen molar-refractivity contribution in [3.63, 3.8) is 0 Å². The second kappa shape index (κ2) is 5.03. The minimum Gasteiger partial charge on any atom is -0.453 e. The number of hydrogen-bond acceptors (Lipinski definition) is 4. The minimum atomic E-state index is -0.877. The zero-order valence-electron chi connectivity index (χ0n) is 10.9. The average molecular weight is 303 g/mol. The molecule has 7 heteroatoms. The summed E-state index contributed by atoms with van der Waals surface area (Å²) in [5, 5.41) is 11.0. The summed E-state index contributed by atoms with van der Waals surface area (Å²) >= 11 is 0. The predicted molar refractivity (Wildman–Crippen MR) is 72.7 cm³/mol. The van der Waals surface area contributed by atoms with Crippen LogP contribution in [-0.2, 0) is 0 Å². The average Bonchev–Trinajstić information content (AvgIpc) is 2.91. The predicted octanol–water partition coefficient (Wildman–Crippen LogP) is 3.85. The summed E-state index contributed by atoms with van der Waals surface area (Å²) in [6, 6.07) is 7.57. The summed E-state index contributed by atoms with van der Waals surface area (Å²) in [7, 11) is 0. The van der Waals surface area contributed by atoms with Gasteiger partial charge in [0, 0.05) is 17.5 Å². The fourth-order valence-corrected chi connectivity index (χ4v) is 2.06. The van der Waals surface area contributed by atoms with E-state index in [1.807, 2.05) is 0 Å². The van der Waals surface area contributed by atoms with Crippen LogP contribution in [0.2, 0.25) is 0 Å². The van der Waals surface area contributed by atoms with Gasteiger partial charge in [0.15, 0.2) is 5.76 Å². The van der Waals surface area contributed by atoms with Crippen LogP contribution in [0, 0.1) is 21.7 Å². The second-order valence-electron chi connectivity index (χ2n) is 4.54. The largest absolute Gasteiger partial charge is 0.453 e. The van der Waals surface area contributed by atoms with Crippen LogP contribution in [0.15, 0.2) is 46.9 Å². The zero-order chi connectivity index (χ0) is 15.9. The Balaban J connectivity index is 2.08. The maximum Gasteiger partial charge on any atom is 0.270 e. The number of carbonyl (C=O) groups is 1. The molecule has 3 aromatic rings. The van der Waals surface area contributed by atoms with Gasteiger partial charge < -0.3 is 4.42 Å². The Morgan fingerprint density at radius 2 is 1.86 bits per heavy atom. The number of nitro groups is 1. The molecule has 0 fully saturated rings. The van der Waals surface area contributed by atoms with Crippen molar-refractivity contribution in [3.05, 3.63) is 75.5 Å². The van der Waals surface area contributed by atoms with E-state index in [0.717, 1.165) is 18.2 Å². The van der Waals surface area contributed by atoms with Gasteiger partial charge in [0.1, 0.15) is 17.2 Å². The lowest BCUT2D eigenvalue weighted by atomic mass is 10.1. The van der Waals surface area contributed by atoms with E-state index in [0.29, 0.717) is 5.39 Å². The van der Waals surface area contributed by atoms with Crippen molar-refractivity contribution in [2.45, 2.75) is 0 Å². The molecule has 22 heavy (non-hydrogen) atoms. The van der Waals surface area contributed by atoms with Gasteiger partial charge in [0.2, 0.25) is 5.78 Å². The normalized spacial score (nSPS) is 10.8. The maximum absolute atomic E-state index is 13.6. The first-order valence-corrected chi connectivity index (χ1v) is 6.13. The number of benzene rings is 2. The van der Waals surface area contributed by atoms with Crippen LogP contribution < -0.4 is 0 Å². The Morgan fingerprint density at radius 3 is 2.59 bits per heavy atom. The SMILES string of the molecule is O=C(c1cc2cc([N+](=O)[O-])ccc2o1)c1cc(F)ccc1F. The Bertz CT molecular complexity index is 917. The van der Waals surface area contributed by atoms with Gasteiger partial charge in [-0.3, -0.25) is 14.9 Å². The van der Waals surface area contributed by atoms with E-state index in [1.165, 1.54) is 24.3 Å². The third kappa shape index (κ3) is 2.32. The molecule has 0 aliphatic carbocycles. The smallest absolute Gasteiger partial charge is 0.270 e. The molecule has 0 bridgehead atoms. The van der Waals surface area contributed by atoms with Gasteiger partial charge in [-0.15, -0.1) is 0 Å². The number of rotatable bonds is 3. The highest BCUT2D eigenvalue weighted by Gasteiger charge is 2.20. The molecule has 3 rings (SSSR count). The quantitative estimate of drug-likeness (QED) is 0.418. The molecular formula is C15H7F2NO4. The van der Waals surface area contributed by atoms with E-state index < -0.39 is 27.9 Å². The number of furan rings is 1. The molecule has 0 atom stereocenters. The van der Waals surface area contributed by atoms with Crippen molar-refractivity contribution in [3.8, 4) is 0 Å². The van der Waals surface area contributed by atoms with Crippen LogP contribution in [-0.4, -0.2) is 10.7 Å². The monoisotopic (exact) mass is 303 g/mol. The third-order valence-electron chi connectivity index (χ3n) is 3.11. The van der Waals surface area contributed by atoms with Crippen molar-refractivity contribution >= 4 is 22.4 Å². The number of non-ortho nitro benzene ring substituents is 1. The Kier molecular flexibility index (Phi) is 3.17. The molecule has 2 aromatic carbocycles. The van der Waals surface area contributed by atoms with Crippen LogP contribution in [0.25, 0.3) is 11.0 Å². The van der Waals surface area contributed by atoms with Crippen molar-refractivity contribution in [1.29, 1.82) is 0 Å². The number of fused-ring (bicyclic) bond motifs is 1.